The summed E-state index contributed by atoms with van der Waals surface area (Å²) in [5, 5.41) is 16.4. The van der Waals surface area contributed by atoms with Crippen molar-refractivity contribution in [2.24, 2.45) is 7.05 Å². The lowest BCUT2D eigenvalue weighted by atomic mass is 10.2. The highest BCUT2D eigenvalue weighted by Gasteiger charge is 2.29. The molecule has 0 unspecified atom stereocenters. The van der Waals surface area contributed by atoms with Gasteiger partial charge in [0.25, 0.3) is 0 Å². The lowest BCUT2D eigenvalue weighted by Gasteiger charge is -2.21. The summed E-state index contributed by atoms with van der Waals surface area (Å²) in [7, 11) is 2.06. The van der Waals surface area contributed by atoms with Crippen molar-refractivity contribution < 1.29 is 0 Å². The molecule has 2 heterocycles. The van der Waals surface area contributed by atoms with Gasteiger partial charge in [-0.1, -0.05) is 0 Å². The summed E-state index contributed by atoms with van der Waals surface area (Å²) in [6.45, 7) is 5.07. The summed E-state index contributed by atoms with van der Waals surface area (Å²) in [6, 6.07) is 2.57. The SMILES string of the molecule is C[C@H]([C@@H](C)NCc1nnc(C2CC2)n1C)n1cccn1. The normalized spacial score (nSPS) is 18.1. The molecule has 0 amide bonds. The maximum absolute atomic E-state index is 4.31. The Bertz CT molecular complexity index is 554. The molecule has 1 fully saturated rings. The third kappa shape index (κ3) is 2.60. The van der Waals surface area contributed by atoms with Gasteiger partial charge in [0.2, 0.25) is 0 Å². The highest BCUT2D eigenvalue weighted by atomic mass is 15.3. The largest absolute Gasteiger partial charge is 0.317 e. The van der Waals surface area contributed by atoms with Crippen molar-refractivity contribution in [2.45, 2.75) is 51.2 Å². The number of nitrogens with one attached hydrogen (secondary N) is 1. The number of rotatable bonds is 6. The summed E-state index contributed by atoms with van der Waals surface area (Å²) in [5.41, 5.74) is 0. The van der Waals surface area contributed by atoms with Gasteiger partial charge in [0, 0.05) is 31.4 Å². The summed E-state index contributed by atoms with van der Waals surface area (Å²) in [4.78, 5) is 0. The molecule has 1 aliphatic rings. The maximum Gasteiger partial charge on any atom is 0.146 e. The molecule has 0 spiro atoms. The van der Waals surface area contributed by atoms with Gasteiger partial charge in [-0.15, -0.1) is 10.2 Å². The van der Waals surface area contributed by atoms with E-state index in [1.807, 2.05) is 23.1 Å². The lowest BCUT2D eigenvalue weighted by molar-refractivity contribution is 0.360. The fourth-order valence-electron chi connectivity index (χ4n) is 2.40. The smallest absolute Gasteiger partial charge is 0.146 e. The van der Waals surface area contributed by atoms with Crippen LogP contribution in [0.1, 0.15) is 50.3 Å². The van der Waals surface area contributed by atoms with Gasteiger partial charge >= 0.3 is 0 Å². The van der Waals surface area contributed by atoms with E-state index in [4.69, 9.17) is 0 Å². The van der Waals surface area contributed by atoms with Crippen LogP contribution >= 0.6 is 0 Å². The molecule has 2 aromatic heterocycles. The summed E-state index contributed by atoms with van der Waals surface area (Å²) < 4.78 is 4.11. The molecular weight excluding hydrogens is 252 g/mol. The zero-order chi connectivity index (χ0) is 14.1. The van der Waals surface area contributed by atoms with Crippen LogP contribution < -0.4 is 5.32 Å². The van der Waals surface area contributed by atoms with E-state index in [2.05, 4.69) is 46.1 Å². The molecule has 0 radical (unpaired) electrons. The quantitative estimate of drug-likeness (QED) is 0.869. The Kier molecular flexibility index (Phi) is 3.56. The Balaban J connectivity index is 1.58. The molecule has 2 atom stereocenters. The van der Waals surface area contributed by atoms with E-state index in [0.717, 1.165) is 18.2 Å². The van der Waals surface area contributed by atoms with Crippen LogP contribution in [0.3, 0.4) is 0 Å². The number of hydrogen-bond donors (Lipinski definition) is 1. The van der Waals surface area contributed by atoms with Gasteiger partial charge < -0.3 is 9.88 Å². The first kappa shape index (κ1) is 13.3. The van der Waals surface area contributed by atoms with Crippen molar-refractivity contribution in [3.05, 3.63) is 30.1 Å². The van der Waals surface area contributed by atoms with E-state index in [0.29, 0.717) is 18.0 Å². The van der Waals surface area contributed by atoms with E-state index in [1.165, 1.54) is 12.8 Å². The number of hydrogen-bond acceptors (Lipinski definition) is 4. The number of nitrogens with zero attached hydrogens (tertiary/aromatic N) is 5. The van der Waals surface area contributed by atoms with Crippen molar-refractivity contribution in [3.8, 4) is 0 Å². The van der Waals surface area contributed by atoms with Gasteiger partial charge in [-0.3, -0.25) is 4.68 Å². The second-order valence-corrected chi connectivity index (χ2v) is 5.70. The van der Waals surface area contributed by atoms with Gasteiger partial charge in [0.15, 0.2) is 0 Å². The lowest BCUT2D eigenvalue weighted by Crippen LogP contribution is -2.34. The molecule has 1 aliphatic carbocycles. The van der Waals surface area contributed by atoms with Crippen LogP contribution in [0.15, 0.2) is 18.5 Å². The summed E-state index contributed by atoms with van der Waals surface area (Å²) >= 11 is 0. The van der Waals surface area contributed by atoms with Crippen molar-refractivity contribution in [2.75, 3.05) is 0 Å². The van der Waals surface area contributed by atoms with Gasteiger partial charge in [-0.05, 0) is 32.8 Å². The zero-order valence-corrected chi connectivity index (χ0v) is 12.3. The van der Waals surface area contributed by atoms with E-state index in [-0.39, 0.29) is 0 Å². The standard InChI is InChI=1S/C14H22N6/c1-10(11(2)20-8-4-7-16-20)15-9-13-17-18-14(19(13)3)12-5-6-12/h4,7-8,10-12,15H,5-6,9H2,1-3H3/t10-,11-/m1/s1. The van der Waals surface area contributed by atoms with Crippen LogP contribution in [0, 0.1) is 0 Å². The van der Waals surface area contributed by atoms with Crippen LogP contribution in [0.2, 0.25) is 0 Å². The van der Waals surface area contributed by atoms with Gasteiger partial charge in [-0.25, -0.2) is 0 Å². The molecule has 2 aromatic rings. The van der Waals surface area contributed by atoms with Crippen LogP contribution in [-0.4, -0.2) is 30.6 Å². The van der Waals surface area contributed by atoms with Crippen LogP contribution in [-0.2, 0) is 13.6 Å². The van der Waals surface area contributed by atoms with E-state index in [9.17, 15) is 0 Å². The molecule has 3 rings (SSSR count). The second-order valence-electron chi connectivity index (χ2n) is 5.70. The van der Waals surface area contributed by atoms with E-state index >= 15 is 0 Å². The third-order valence-electron chi connectivity index (χ3n) is 4.19. The molecule has 0 bridgehead atoms. The Labute approximate surface area is 119 Å². The minimum absolute atomic E-state index is 0.307. The summed E-state index contributed by atoms with van der Waals surface area (Å²) in [6.07, 6.45) is 6.32. The first-order chi connectivity index (χ1) is 9.66. The predicted octanol–water partition coefficient (Wildman–Crippen LogP) is 1.63. The molecule has 0 aromatic carbocycles. The molecular formula is C14H22N6. The molecule has 6 nitrogen and oxygen atoms in total. The van der Waals surface area contributed by atoms with Crippen LogP contribution in [0.25, 0.3) is 0 Å². The number of aromatic nitrogens is 5. The molecule has 1 saturated carbocycles. The van der Waals surface area contributed by atoms with Crippen molar-refractivity contribution in [1.29, 1.82) is 0 Å². The van der Waals surface area contributed by atoms with Crippen molar-refractivity contribution >= 4 is 0 Å². The molecule has 0 saturated heterocycles. The average molecular weight is 274 g/mol. The van der Waals surface area contributed by atoms with E-state index < -0.39 is 0 Å². The Morgan fingerprint density at radius 2 is 2.15 bits per heavy atom. The fraction of sp³-hybridized carbons (Fsp3) is 0.643. The van der Waals surface area contributed by atoms with Gasteiger partial charge in [0.1, 0.15) is 11.6 Å². The van der Waals surface area contributed by atoms with Gasteiger partial charge in [0.05, 0.1) is 12.6 Å². The second kappa shape index (κ2) is 5.36. The first-order valence-electron chi connectivity index (χ1n) is 7.27. The minimum atomic E-state index is 0.307. The Morgan fingerprint density at radius 1 is 1.35 bits per heavy atom. The van der Waals surface area contributed by atoms with Crippen molar-refractivity contribution in [1.82, 2.24) is 29.9 Å². The molecule has 108 valence electrons. The third-order valence-corrected chi connectivity index (χ3v) is 4.19. The zero-order valence-electron chi connectivity index (χ0n) is 12.3. The topological polar surface area (TPSA) is 60.6 Å². The fourth-order valence-corrected chi connectivity index (χ4v) is 2.40. The minimum Gasteiger partial charge on any atom is -0.317 e. The average Bonchev–Trinajstić information content (AvgIpc) is 3.01. The Hall–Kier alpha value is -1.69. The van der Waals surface area contributed by atoms with Crippen LogP contribution in [0.4, 0.5) is 0 Å². The highest BCUT2D eigenvalue weighted by Crippen LogP contribution is 2.38. The molecule has 20 heavy (non-hydrogen) atoms. The Morgan fingerprint density at radius 3 is 2.80 bits per heavy atom. The van der Waals surface area contributed by atoms with Crippen molar-refractivity contribution in [3.63, 3.8) is 0 Å². The van der Waals surface area contributed by atoms with E-state index in [1.54, 1.807) is 0 Å². The highest BCUT2D eigenvalue weighted by molar-refractivity contribution is 5.07. The van der Waals surface area contributed by atoms with Crippen LogP contribution in [0.5, 0.6) is 0 Å². The maximum atomic E-state index is 4.31. The molecule has 6 heteroatoms. The van der Waals surface area contributed by atoms with Gasteiger partial charge in [-0.2, -0.15) is 5.10 Å². The first-order valence-corrected chi connectivity index (χ1v) is 7.27. The predicted molar refractivity (Wildman–Crippen MR) is 76.2 cm³/mol. The molecule has 1 N–H and O–H groups in total. The molecule has 0 aliphatic heterocycles. The monoisotopic (exact) mass is 274 g/mol. The summed E-state index contributed by atoms with van der Waals surface area (Å²) in [5.74, 6) is 2.78.